The zero-order valence-electron chi connectivity index (χ0n) is 15.0. The average Bonchev–Trinajstić information content (AvgIpc) is 2.67. The molecule has 3 rings (SSSR count). The van der Waals surface area contributed by atoms with E-state index in [1.807, 2.05) is 0 Å². The maximum Gasteiger partial charge on any atom is 0.417 e. The van der Waals surface area contributed by atoms with Gasteiger partial charge in [-0.05, 0) is 49.8 Å². The van der Waals surface area contributed by atoms with Crippen molar-refractivity contribution in [1.82, 2.24) is 9.97 Å². The standard InChI is InChI=1S/C19H21F3N4O2/c20-19(21,22)13-8-14(11-23-10-13)26-18(28)16-2-1-7-24-17(16)25-9-12-3-5-15(27)6-4-12/h1-2,7-8,10-12,15,27H,3-6,9H2,(H,24,25)(H,26,28)/t12-,15+. The van der Waals surface area contributed by atoms with Gasteiger partial charge in [0.05, 0.1) is 29.1 Å². The molecule has 0 bridgehead atoms. The van der Waals surface area contributed by atoms with Crippen LogP contribution in [-0.2, 0) is 6.18 Å². The number of pyridine rings is 2. The van der Waals surface area contributed by atoms with Crippen molar-refractivity contribution in [2.24, 2.45) is 5.92 Å². The number of amides is 1. The van der Waals surface area contributed by atoms with Crippen LogP contribution in [0.4, 0.5) is 24.7 Å². The van der Waals surface area contributed by atoms with E-state index < -0.39 is 17.6 Å². The summed E-state index contributed by atoms with van der Waals surface area (Å²) in [6.45, 7) is 0.606. The first-order valence-electron chi connectivity index (χ1n) is 9.03. The molecule has 6 nitrogen and oxygen atoms in total. The van der Waals surface area contributed by atoms with Gasteiger partial charge in [0.1, 0.15) is 5.82 Å². The molecule has 28 heavy (non-hydrogen) atoms. The number of aliphatic hydroxyl groups is 1. The van der Waals surface area contributed by atoms with Crippen molar-refractivity contribution < 1.29 is 23.1 Å². The molecule has 0 spiro atoms. The van der Waals surface area contributed by atoms with Crippen molar-refractivity contribution in [2.45, 2.75) is 38.0 Å². The number of aliphatic hydroxyl groups excluding tert-OH is 1. The Morgan fingerprint density at radius 2 is 1.96 bits per heavy atom. The Kier molecular flexibility index (Phi) is 6.13. The minimum Gasteiger partial charge on any atom is -0.393 e. The van der Waals surface area contributed by atoms with Gasteiger partial charge >= 0.3 is 6.18 Å². The first kappa shape index (κ1) is 20.1. The smallest absolute Gasteiger partial charge is 0.393 e. The Balaban J connectivity index is 1.67. The van der Waals surface area contributed by atoms with E-state index in [0.717, 1.165) is 37.9 Å². The monoisotopic (exact) mass is 394 g/mol. The van der Waals surface area contributed by atoms with Crippen molar-refractivity contribution in [3.63, 3.8) is 0 Å². The lowest BCUT2D eigenvalue weighted by molar-refractivity contribution is -0.137. The molecule has 1 amide bonds. The Morgan fingerprint density at radius 1 is 1.21 bits per heavy atom. The predicted molar refractivity (Wildman–Crippen MR) is 97.9 cm³/mol. The lowest BCUT2D eigenvalue weighted by atomic mass is 9.87. The van der Waals surface area contributed by atoms with Crippen LogP contribution >= 0.6 is 0 Å². The number of rotatable bonds is 5. The number of carbonyl (C=O) groups is 1. The highest BCUT2D eigenvalue weighted by molar-refractivity contribution is 6.07. The summed E-state index contributed by atoms with van der Waals surface area (Å²) in [7, 11) is 0. The summed E-state index contributed by atoms with van der Waals surface area (Å²) in [6, 6.07) is 3.97. The van der Waals surface area contributed by atoms with Crippen LogP contribution in [0.3, 0.4) is 0 Å². The van der Waals surface area contributed by atoms with Crippen LogP contribution in [0, 0.1) is 5.92 Å². The molecule has 0 aliphatic heterocycles. The predicted octanol–water partition coefficient (Wildman–Crippen LogP) is 3.71. The summed E-state index contributed by atoms with van der Waals surface area (Å²) >= 11 is 0. The van der Waals surface area contributed by atoms with Crippen molar-refractivity contribution in [3.8, 4) is 0 Å². The third-order valence-electron chi connectivity index (χ3n) is 4.75. The molecule has 0 radical (unpaired) electrons. The summed E-state index contributed by atoms with van der Waals surface area (Å²) < 4.78 is 38.4. The number of hydrogen-bond acceptors (Lipinski definition) is 5. The molecule has 1 saturated carbocycles. The van der Waals surface area contributed by atoms with Gasteiger partial charge in [0.25, 0.3) is 5.91 Å². The molecule has 3 N–H and O–H groups in total. The second kappa shape index (κ2) is 8.55. The van der Waals surface area contributed by atoms with E-state index in [1.54, 1.807) is 12.1 Å². The Bertz CT molecular complexity index is 821. The number of nitrogens with one attached hydrogen (secondary N) is 2. The van der Waals surface area contributed by atoms with Crippen LogP contribution in [0.2, 0.25) is 0 Å². The topological polar surface area (TPSA) is 87.1 Å². The van der Waals surface area contributed by atoms with Crippen LogP contribution in [0.15, 0.2) is 36.8 Å². The van der Waals surface area contributed by atoms with Crippen LogP contribution in [0.5, 0.6) is 0 Å². The van der Waals surface area contributed by atoms with Gasteiger partial charge in [-0.1, -0.05) is 0 Å². The van der Waals surface area contributed by atoms with Gasteiger partial charge in [0.15, 0.2) is 0 Å². The second-order valence-electron chi connectivity index (χ2n) is 6.87. The van der Waals surface area contributed by atoms with Crippen LogP contribution in [-0.4, -0.2) is 33.6 Å². The summed E-state index contributed by atoms with van der Waals surface area (Å²) in [6.07, 6.45) is 1.90. The molecule has 150 valence electrons. The first-order valence-corrected chi connectivity index (χ1v) is 9.03. The van der Waals surface area contributed by atoms with Gasteiger partial charge < -0.3 is 15.7 Å². The summed E-state index contributed by atoms with van der Waals surface area (Å²) in [5.74, 6) is 0.163. The van der Waals surface area contributed by atoms with Gasteiger partial charge in [-0.3, -0.25) is 9.78 Å². The number of carbonyl (C=O) groups excluding carboxylic acids is 1. The van der Waals surface area contributed by atoms with Gasteiger partial charge in [-0.15, -0.1) is 0 Å². The molecule has 2 aromatic rings. The van der Waals surface area contributed by atoms with Gasteiger partial charge in [0, 0.05) is 18.9 Å². The molecule has 0 atom stereocenters. The van der Waals surface area contributed by atoms with Gasteiger partial charge in [0.2, 0.25) is 0 Å². The largest absolute Gasteiger partial charge is 0.417 e. The highest BCUT2D eigenvalue weighted by Crippen LogP contribution is 2.30. The fraction of sp³-hybridized carbons (Fsp3) is 0.421. The molecule has 1 aliphatic rings. The SMILES string of the molecule is O=C(Nc1cncc(C(F)(F)F)c1)c1cccnc1NC[C@H]1CC[C@@H](O)CC1. The number of nitrogens with zero attached hydrogens (tertiary/aromatic N) is 2. The van der Waals surface area contributed by atoms with Gasteiger partial charge in [-0.25, -0.2) is 4.98 Å². The normalized spacial score (nSPS) is 19.9. The van der Waals surface area contributed by atoms with Crippen molar-refractivity contribution >= 4 is 17.4 Å². The van der Waals surface area contributed by atoms with Crippen LogP contribution in [0.25, 0.3) is 0 Å². The highest BCUT2D eigenvalue weighted by Gasteiger charge is 2.31. The summed E-state index contributed by atoms with van der Waals surface area (Å²) in [5, 5.41) is 15.2. The zero-order chi connectivity index (χ0) is 20.1. The Morgan fingerprint density at radius 3 is 2.68 bits per heavy atom. The minimum absolute atomic E-state index is 0.0455. The lowest BCUT2D eigenvalue weighted by Gasteiger charge is -2.25. The molecule has 0 unspecified atom stereocenters. The molecule has 2 aromatic heterocycles. The molecular formula is C19H21F3N4O2. The molecule has 1 aliphatic carbocycles. The number of aromatic nitrogens is 2. The minimum atomic E-state index is -4.54. The van der Waals surface area contributed by atoms with E-state index in [9.17, 15) is 23.1 Å². The molecular weight excluding hydrogens is 373 g/mol. The maximum absolute atomic E-state index is 12.8. The van der Waals surface area contributed by atoms with Crippen LogP contribution < -0.4 is 10.6 Å². The van der Waals surface area contributed by atoms with E-state index in [-0.39, 0.29) is 17.4 Å². The number of hydrogen-bond donors (Lipinski definition) is 3. The molecule has 2 heterocycles. The highest BCUT2D eigenvalue weighted by atomic mass is 19.4. The van der Waals surface area contributed by atoms with Crippen molar-refractivity contribution in [3.05, 3.63) is 47.9 Å². The fourth-order valence-electron chi connectivity index (χ4n) is 3.18. The van der Waals surface area contributed by atoms with Gasteiger partial charge in [-0.2, -0.15) is 13.2 Å². The first-order chi connectivity index (χ1) is 13.3. The quantitative estimate of drug-likeness (QED) is 0.720. The van der Waals surface area contributed by atoms with E-state index >= 15 is 0 Å². The molecule has 0 aromatic carbocycles. The van der Waals surface area contributed by atoms with Crippen molar-refractivity contribution in [2.75, 3.05) is 17.2 Å². The zero-order valence-corrected chi connectivity index (χ0v) is 15.0. The maximum atomic E-state index is 12.8. The molecule has 0 saturated heterocycles. The third-order valence-corrected chi connectivity index (χ3v) is 4.75. The summed E-state index contributed by atoms with van der Waals surface area (Å²) in [4.78, 5) is 20.3. The summed E-state index contributed by atoms with van der Waals surface area (Å²) in [5.41, 5.74) is -0.749. The molecule has 1 fully saturated rings. The van der Waals surface area contributed by atoms with E-state index in [2.05, 4.69) is 20.6 Å². The van der Waals surface area contributed by atoms with Crippen molar-refractivity contribution in [1.29, 1.82) is 0 Å². The average molecular weight is 394 g/mol. The second-order valence-corrected chi connectivity index (χ2v) is 6.87. The number of alkyl halides is 3. The Labute approximate surface area is 160 Å². The lowest BCUT2D eigenvalue weighted by Crippen LogP contribution is -2.25. The fourth-order valence-corrected chi connectivity index (χ4v) is 3.18. The van der Waals surface area contributed by atoms with E-state index in [0.29, 0.717) is 24.5 Å². The number of halogens is 3. The van der Waals surface area contributed by atoms with E-state index in [1.165, 1.54) is 6.20 Å². The molecule has 9 heteroatoms. The number of anilines is 2. The Hall–Kier alpha value is -2.68. The third kappa shape index (κ3) is 5.19. The van der Waals surface area contributed by atoms with E-state index in [4.69, 9.17) is 0 Å². The van der Waals surface area contributed by atoms with Crippen LogP contribution in [0.1, 0.15) is 41.6 Å².